The molecular weight excluding hydrogens is 333 g/mol. The number of carbonyl (C=O) groups excluding carboxylic acids is 1. The van der Waals surface area contributed by atoms with Crippen molar-refractivity contribution in [3.05, 3.63) is 28.8 Å². The first-order valence-corrected chi connectivity index (χ1v) is 7.73. The molecule has 1 aromatic rings. The summed E-state index contributed by atoms with van der Waals surface area (Å²) in [5.41, 5.74) is -0.00226. The highest BCUT2D eigenvalue weighted by Gasteiger charge is 2.29. The van der Waals surface area contributed by atoms with Crippen molar-refractivity contribution < 1.29 is 22.7 Å². The molecule has 2 rings (SSSR count). The van der Waals surface area contributed by atoms with Gasteiger partial charge in [-0.05, 0) is 37.6 Å². The Bertz CT molecular complexity index is 546. The zero-order chi connectivity index (χ0) is 16.9. The summed E-state index contributed by atoms with van der Waals surface area (Å²) in [5, 5.41) is 6.24. The number of piperidine rings is 1. The first kappa shape index (κ1) is 17.9. The molecule has 1 aromatic carbocycles. The molecule has 4 nitrogen and oxygen atoms in total. The van der Waals surface area contributed by atoms with Crippen LogP contribution < -0.4 is 15.4 Å². The van der Waals surface area contributed by atoms with Crippen LogP contribution in [0.4, 0.5) is 13.2 Å². The summed E-state index contributed by atoms with van der Waals surface area (Å²) >= 11 is 5.83. The molecule has 2 N–H and O–H groups in total. The van der Waals surface area contributed by atoms with Gasteiger partial charge in [-0.1, -0.05) is 18.0 Å². The summed E-state index contributed by atoms with van der Waals surface area (Å²) < 4.78 is 41.6. The molecule has 1 atom stereocenters. The highest BCUT2D eigenvalue weighted by molar-refractivity contribution is 6.31. The predicted molar refractivity (Wildman–Crippen MR) is 81.0 cm³/mol. The molecule has 23 heavy (non-hydrogen) atoms. The van der Waals surface area contributed by atoms with Crippen LogP contribution in [0.5, 0.6) is 5.75 Å². The molecule has 1 amide bonds. The Kier molecular flexibility index (Phi) is 6.12. The van der Waals surface area contributed by atoms with Gasteiger partial charge in [0.2, 0.25) is 0 Å². The van der Waals surface area contributed by atoms with Crippen molar-refractivity contribution in [2.75, 3.05) is 19.7 Å². The number of amides is 1. The largest absolute Gasteiger partial charge is 0.483 e. The number of carbonyl (C=O) groups is 1. The van der Waals surface area contributed by atoms with E-state index in [0.717, 1.165) is 25.8 Å². The average molecular weight is 351 g/mol. The van der Waals surface area contributed by atoms with Crippen molar-refractivity contribution in [1.82, 2.24) is 10.6 Å². The van der Waals surface area contributed by atoms with Crippen molar-refractivity contribution in [2.45, 2.75) is 31.5 Å². The van der Waals surface area contributed by atoms with Crippen LogP contribution in [0.1, 0.15) is 29.6 Å². The van der Waals surface area contributed by atoms with Crippen molar-refractivity contribution in [2.24, 2.45) is 0 Å². The lowest BCUT2D eigenvalue weighted by Gasteiger charge is -2.23. The maximum absolute atomic E-state index is 12.3. The molecular formula is C15H18ClF3N2O2. The van der Waals surface area contributed by atoms with Crippen molar-refractivity contribution in [1.29, 1.82) is 0 Å². The van der Waals surface area contributed by atoms with Gasteiger partial charge in [-0.2, -0.15) is 13.2 Å². The highest BCUT2D eigenvalue weighted by atomic mass is 35.5. The van der Waals surface area contributed by atoms with Crippen molar-refractivity contribution in [3.8, 4) is 5.75 Å². The van der Waals surface area contributed by atoms with Gasteiger partial charge in [0, 0.05) is 17.6 Å². The van der Waals surface area contributed by atoms with Crippen LogP contribution >= 0.6 is 11.6 Å². The van der Waals surface area contributed by atoms with E-state index in [4.69, 9.17) is 16.3 Å². The summed E-state index contributed by atoms with van der Waals surface area (Å²) in [6.45, 7) is -0.152. The minimum atomic E-state index is -4.47. The Labute approximate surface area is 137 Å². The van der Waals surface area contributed by atoms with Crippen molar-refractivity contribution >= 4 is 17.5 Å². The Morgan fingerprint density at radius 3 is 2.83 bits per heavy atom. The fourth-order valence-corrected chi connectivity index (χ4v) is 2.55. The highest BCUT2D eigenvalue weighted by Crippen LogP contribution is 2.25. The summed E-state index contributed by atoms with van der Waals surface area (Å²) in [7, 11) is 0. The zero-order valence-electron chi connectivity index (χ0n) is 12.4. The topological polar surface area (TPSA) is 50.4 Å². The smallest absolute Gasteiger partial charge is 0.422 e. The minimum Gasteiger partial charge on any atom is -0.483 e. The predicted octanol–water partition coefficient (Wildman–Crippen LogP) is 3.15. The lowest BCUT2D eigenvalue weighted by atomic mass is 10.0. The summed E-state index contributed by atoms with van der Waals surface area (Å²) in [6, 6.07) is 4.12. The number of rotatable bonds is 5. The number of benzene rings is 1. The number of ether oxygens (including phenoxy) is 1. The molecule has 1 heterocycles. The first-order valence-electron chi connectivity index (χ1n) is 7.36. The van der Waals surface area contributed by atoms with E-state index in [2.05, 4.69) is 10.6 Å². The van der Waals surface area contributed by atoms with Gasteiger partial charge in [0.05, 0.1) is 5.56 Å². The fraction of sp³-hybridized carbons (Fsp3) is 0.533. The number of hydrogen-bond donors (Lipinski definition) is 2. The van der Waals surface area contributed by atoms with Gasteiger partial charge < -0.3 is 15.4 Å². The molecule has 0 saturated carbocycles. The fourth-order valence-electron chi connectivity index (χ4n) is 2.37. The third-order valence-corrected chi connectivity index (χ3v) is 3.73. The Balaban J connectivity index is 2.00. The molecule has 1 aliphatic heterocycles. The summed E-state index contributed by atoms with van der Waals surface area (Å²) in [4.78, 5) is 12.2. The molecule has 0 aromatic heterocycles. The Hall–Kier alpha value is -1.47. The molecule has 1 fully saturated rings. The van der Waals surface area contributed by atoms with Gasteiger partial charge in [0.1, 0.15) is 5.75 Å². The second kappa shape index (κ2) is 7.88. The molecule has 8 heteroatoms. The van der Waals surface area contributed by atoms with Crippen LogP contribution in [0.25, 0.3) is 0 Å². The van der Waals surface area contributed by atoms with Gasteiger partial charge in [-0.25, -0.2) is 0 Å². The zero-order valence-corrected chi connectivity index (χ0v) is 13.1. The maximum atomic E-state index is 12.3. The monoisotopic (exact) mass is 350 g/mol. The number of alkyl halides is 3. The Morgan fingerprint density at radius 2 is 2.17 bits per heavy atom. The van der Waals surface area contributed by atoms with E-state index in [0.29, 0.717) is 6.54 Å². The number of halogens is 4. The van der Waals surface area contributed by atoms with E-state index in [1.165, 1.54) is 18.2 Å². The second-order valence-corrected chi connectivity index (χ2v) is 5.84. The average Bonchev–Trinajstić information content (AvgIpc) is 2.51. The van der Waals surface area contributed by atoms with E-state index in [1.54, 1.807) is 0 Å². The standard InChI is InChI=1S/C15H18ClF3N2O2/c16-10-4-5-13(23-9-15(17,18)19)12(7-10)14(22)21-8-11-3-1-2-6-20-11/h4-5,7,11,20H,1-3,6,8-9H2,(H,21,22). The van der Waals surface area contributed by atoms with Crippen LogP contribution in [0.3, 0.4) is 0 Å². The van der Waals surface area contributed by atoms with Gasteiger partial charge >= 0.3 is 6.18 Å². The third-order valence-electron chi connectivity index (χ3n) is 3.50. The van der Waals surface area contributed by atoms with E-state index in [-0.39, 0.29) is 22.4 Å². The molecule has 1 saturated heterocycles. The molecule has 0 spiro atoms. The first-order chi connectivity index (χ1) is 10.8. The molecule has 0 radical (unpaired) electrons. The molecule has 1 aliphatic rings. The van der Waals surface area contributed by atoms with E-state index in [1.807, 2.05) is 0 Å². The minimum absolute atomic E-state index is 0.00226. The van der Waals surface area contributed by atoms with Crippen LogP contribution in [-0.4, -0.2) is 37.8 Å². The second-order valence-electron chi connectivity index (χ2n) is 5.40. The third kappa shape index (κ3) is 5.91. The van der Waals surface area contributed by atoms with Crippen LogP contribution in [-0.2, 0) is 0 Å². The molecule has 0 bridgehead atoms. The van der Waals surface area contributed by atoms with Gasteiger partial charge in [0.15, 0.2) is 6.61 Å². The lowest BCUT2D eigenvalue weighted by Crippen LogP contribution is -2.43. The van der Waals surface area contributed by atoms with E-state index < -0.39 is 18.7 Å². The SMILES string of the molecule is O=C(NCC1CCCCN1)c1cc(Cl)ccc1OCC(F)(F)F. The molecule has 0 aliphatic carbocycles. The summed E-state index contributed by atoms with van der Waals surface area (Å²) in [5.74, 6) is -0.641. The van der Waals surface area contributed by atoms with Gasteiger partial charge in [-0.15, -0.1) is 0 Å². The quantitative estimate of drug-likeness (QED) is 0.857. The normalized spacial score (nSPS) is 18.5. The van der Waals surface area contributed by atoms with Gasteiger partial charge in [-0.3, -0.25) is 4.79 Å². The van der Waals surface area contributed by atoms with Crippen molar-refractivity contribution in [3.63, 3.8) is 0 Å². The van der Waals surface area contributed by atoms with E-state index >= 15 is 0 Å². The Morgan fingerprint density at radius 1 is 1.39 bits per heavy atom. The van der Waals surface area contributed by atoms with Crippen LogP contribution in [0.15, 0.2) is 18.2 Å². The number of nitrogens with one attached hydrogen (secondary N) is 2. The van der Waals surface area contributed by atoms with Crippen LogP contribution in [0, 0.1) is 0 Å². The van der Waals surface area contributed by atoms with Gasteiger partial charge in [0.25, 0.3) is 5.91 Å². The van der Waals surface area contributed by atoms with Crippen LogP contribution in [0.2, 0.25) is 5.02 Å². The molecule has 128 valence electrons. The van der Waals surface area contributed by atoms with E-state index in [9.17, 15) is 18.0 Å². The lowest BCUT2D eigenvalue weighted by molar-refractivity contribution is -0.153. The maximum Gasteiger partial charge on any atom is 0.422 e. The number of hydrogen-bond acceptors (Lipinski definition) is 3. The molecule has 1 unspecified atom stereocenters. The summed E-state index contributed by atoms with van der Waals surface area (Å²) in [6.07, 6.45) is -1.33.